The van der Waals surface area contributed by atoms with E-state index in [1.54, 1.807) is 0 Å². The number of hydrogen-bond acceptors (Lipinski definition) is 3. The molecule has 1 saturated carbocycles. The Kier molecular flexibility index (Phi) is 3.34. The lowest BCUT2D eigenvalue weighted by molar-refractivity contribution is 0.261. The Labute approximate surface area is 91.1 Å². The van der Waals surface area contributed by atoms with Gasteiger partial charge in [-0.2, -0.15) is 0 Å². The van der Waals surface area contributed by atoms with Crippen molar-refractivity contribution in [2.75, 3.05) is 0 Å². The van der Waals surface area contributed by atoms with Gasteiger partial charge in [0.15, 0.2) is 0 Å². The number of aromatic nitrogens is 1. The fourth-order valence-electron chi connectivity index (χ4n) is 2.13. The molecular weight excluding hydrogens is 186 g/mol. The van der Waals surface area contributed by atoms with Crippen molar-refractivity contribution in [3.63, 3.8) is 0 Å². The molecule has 2 rings (SSSR count). The van der Waals surface area contributed by atoms with Crippen LogP contribution in [0.15, 0.2) is 18.5 Å². The van der Waals surface area contributed by atoms with Gasteiger partial charge in [0.25, 0.3) is 0 Å². The van der Waals surface area contributed by atoms with Gasteiger partial charge < -0.3 is 0 Å². The van der Waals surface area contributed by atoms with E-state index in [-0.39, 0.29) is 6.04 Å². The summed E-state index contributed by atoms with van der Waals surface area (Å²) in [7, 11) is 0. The quantitative estimate of drug-likeness (QED) is 0.584. The second kappa shape index (κ2) is 4.73. The molecule has 0 radical (unpaired) electrons. The van der Waals surface area contributed by atoms with Gasteiger partial charge in [0.2, 0.25) is 0 Å². The van der Waals surface area contributed by atoms with Crippen LogP contribution in [0.25, 0.3) is 0 Å². The van der Waals surface area contributed by atoms with Crippen molar-refractivity contribution >= 4 is 0 Å². The average Bonchev–Trinajstić information content (AvgIpc) is 2.16. The van der Waals surface area contributed by atoms with Crippen LogP contribution in [-0.2, 0) is 0 Å². The number of hydrazine groups is 1. The number of nitrogens with zero attached hydrogens (tertiary/aromatic N) is 1. The minimum Gasteiger partial charge on any atom is -0.271 e. The fraction of sp³-hybridized carbons (Fsp3) is 0.583. The SMILES string of the molecule is Cc1cncc(C(CC2CCC2)NN)c1. The highest BCUT2D eigenvalue weighted by Crippen LogP contribution is 2.34. The summed E-state index contributed by atoms with van der Waals surface area (Å²) in [6.45, 7) is 2.06. The Morgan fingerprint density at radius 3 is 2.87 bits per heavy atom. The smallest absolute Gasteiger partial charge is 0.0477 e. The molecule has 1 atom stereocenters. The Morgan fingerprint density at radius 2 is 2.33 bits per heavy atom. The Hall–Kier alpha value is -0.930. The first-order valence-corrected chi connectivity index (χ1v) is 5.67. The Morgan fingerprint density at radius 1 is 1.53 bits per heavy atom. The van der Waals surface area contributed by atoms with Crippen molar-refractivity contribution in [2.24, 2.45) is 11.8 Å². The molecule has 1 aliphatic carbocycles. The summed E-state index contributed by atoms with van der Waals surface area (Å²) in [5, 5.41) is 0. The third-order valence-electron chi connectivity index (χ3n) is 3.29. The van der Waals surface area contributed by atoms with Gasteiger partial charge in [-0.05, 0) is 30.4 Å². The molecule has 1 fully saturated rings. The maximum Gasteiger partial charge on any atom is 0.0477 e. The van der Waals surface area contributed by atoms with Gasteiger partial charge in [-0.15, -0.1) is 0 Å². The Balaban J connectivity index is 2.04. The van der Waals surface area contributed by atoms with Crippen LogP contribution in [0.4, 0.5) is 0 Å². The van der Waals surface area contributed by atoms with Gasteiger partial charge in [-0.3, -0.25) is 16.3 Å². The lowest BCUT2D eigenvalue weighted by atomic mass is 9.80. The van der Waals surface area contributed by atoms with Crippen molar-refractivity contribution in [1.29, 1.82) is 0 Å². The molecule has 1 unspecified atom stereocenters. The first kappa shape index (κ1) is 10.6. The summed E-state index contributed by atoms with van der Waals surface area (Å²) < 4.78 is 0. The zero-order valence-electron chi connectivity index (χ0n) is 9.24. The molecule has 3 N–H and O–H groups in total. The van der Waals surface area contributed by atoms with Crippen molar-refractivity contribution in [1.82, 2.24) is 10.4 Å². The number of nitrogens with one attached hydrogen (secondary N) is 1. The molecule has 0 amide bonds. The average molecular weight is 205 g/mol. The molecule has 1 aliphatic rings. The third-order valence-corrected chi connectivity index (χ3v) is 3.29. The summed E-state index contributed by atoms with van der Waals surface area (Å²) >= 11 is 0. The minimum atomic E-state index is 0.266. The molecule has 1 heterocycles. The molecular formula is C12H19N3. The van der Waals surface area contributed by atoms with Crippen LogP contribution in [0, 0.1) is 12.8 Å². The summed E-state index contributed by atoms with van der Waals surface area (Å²) in [6, 6.07) is 2.43. The van der Waals surface area contributed by atoms with Crippen molar-refractivity contribution < 1.29 is 0 Å². The lowest BCUT2D eigenvalue weighted by Gasteiger charge is -2.29. The van der Waals surface area contributed by atoms with Crippen LogP contribution in [-0.4, -0.2) is 4.98 Å². The summed E-state index contributed by atoms with van der Waals surface area (Å²) in [6.07, 6.45) is 9.03. The highest BCUT2D eigenvalue weighted by atomic mass is 15.2. The van der Waals surface area contributed by atoms with Crippen LogP contribution in [0.1, 0.15) is 42.9 Å². The second-order valence-electron chi connectivity index (χ2n) is 4.55. The van der Waals surface area contributed by atoms with Crippen LogP contribution in [0.2, 0.25) is 0 Å². The van der Waals surface area contributed by atoms with Crippen molar-refractivity contribution in [3.05, 3.63) is 29.6 Å². The third kappa shape index (κ3) is 2.55. The highest BCUT2D eigenvalue weighted by molar-refractivity contribution is 5.20. The van der Waals surface area contributed by atoms with Crippen LogP contribution in [0.3, 0.4) is 0 Å². The van der Waals surface area contributed by atoms with Gasteiger partial charge in [0.1, 0.15) is 0 Å². The van der Waals surface area contributed by atoms with Crippen LogP contribution in [0.5, 0.6) is 0 Å². The monoisotopic (exact) mass is 205 g/mol. The number of pyridine rings is 1. The van der Waals surface area contributed by atoms with E-state index < -0.39 is 0 Å². The van der Waals surface area contributed by atoms with E-state index in [0.29, 0.717) is 0 Å². The maximum absolute atomic E-state index is 5.60. The van der Waals surface area contributed by atoms with Gasteiger partial charge in [0, 0.05) is 18.4 Å². The molecule has 0 saturated heterocycles. The van der Waals surface area contributed by atoms with Gasteiger partial charge >= 0.3 is 0 Å². The fourth-order valence-corrected chi connectivity index (χ4v) is 2.13. The van der Waals surface area contributed by atoms with E-state index in [1.807, 2.05) is 12.4 Å². The first-order chi connectivity index (χ1) is 7.29. The predicted molar refractivity (Wildman–Crippen MR) is 61.0 cm³/mol. The van der Waals surface area contributed by atoms with Crippen molar-refractivity contribution in [3.8, 4) is 0 Å². The number of rotatable bonds is 4. The van der Waals surface area contributed by atoms with Crippen LogP contribution < -0.4 is 11.3 Å². The van der Waals surface area contributed by atoms with E-state index in [1.165, 1.54) is 30.4 Å². The molecule has 1 aromatic rings. The molecule has 15 heavy (non-hydrogen) atoms. The number of hydrogen-bond donors (Lipinski definition) is 2. The van der Waals surface area contributed by atoms with E-state index in [0.717, 1.165) is 12.3 Å². The Bertz CT molecular complexity index is 320. The summed E-state index contributed by atoms with van der Waals surface area (Å²) in [4.78, 5) is 4.21. The van der Waals surface area contributed by atoms with Crippen molar-refractivity contribution in [2.45, 2.75) is 38.6 Å². The molecule has 1 aromatic heterocycles. The highest BCUT2D eigenvalue weighted by Gasteiger charge is 2.22. The zero-order chi connectivity index (χ0) is 10.7. The maximum atomic E-state index is 5.60. The second-order valence-corrected chi connectivity index (χ2v) is 4.55. The molecule has 0 spiro atoms. The molecule has 3 heteroatoms. The minimum absolute atomic E-state index is 0.266. The van der Waals surface area contributed by atoms with Gasteiger partial charge in [-0.1, -0.05) is 25.3 Å². The summed E-state index contributed by atoms with van der Waals surface area (Å²) in [5.74, 6) is 6.46. The lowest BCUT2D eigenvalue weighted by Crippen LogP contribution is -2.31. The molecule has 3 nitrogen and oxygen atoms in total. The standard InChI is InChI=1S/C12H19N3/c1-9-5-11(8-14-7-9)12(15-13)6-10-3-2-4-10/h5,7-8,10,12,15H,2-4,6,13H2,1H3. The first-order valence-electron chi connectivity index (χ1n) is 5.67. The normalized spacial score (nSPS) is 18.5. The van der Waals surface area contributed by atoms with Gasteiger partial charge in [-0.25, -0.2) is 0 Å². The largest absolute Gasteiger partial charge is 0.271 e. The molecule has 0 aromatic carbocycles. The number of aryl methyl sites for hydroxylation is 1. The molecule has 0 aliphatic heterocycles. The topological polar surface area (TPSA) is 50.9 Å². The summed E-state index contributed by atoms with van der Waals surface area (Å²) in [5.41, 5.74) is 5.31. The van der Waals surface area contributed by atoms with E-state index in [2.05, 4.69) is 23.4 Å². The van der Waals surface area contributed by atoms with E-state index in [9.17, 15) is 0 Å². The molecule has 0 bridgehead atoms. The van der Waals surface area contributed by atoms with Crippen LogP contribution >= 0.6 is 0 Å². The van der Waals surface area contributed by atoms with Gasteiger partial charge in [0.05, 0.1) is 0 Å². The zero-order valence-corrected chi connectivity index (χ0v) is 9.24. The van der Waals surface area contributed by atoms with E-state index >= 15 is 0 Å². The van der Waals surface area contributed by atoms with E-state index in [4.69, 9.17) is 5.84 Å². The molecule has 82 valence electrons. The number of nitrogens with two attached hydrogens (primary N) is 1. The predicted octanol–water partition coefficient (Wildman–Crippen LogP) is 2.08.